The van der Waals surface area contributed by atoms with Crippen molar-refractivity contribution in [1.82, 2.24) is 19.7 Å². The number of aliphatic hydroxyl groups is 1. The maximum Gasteiger partial charge on any atom is 0.254 e. The lowest BCUT2D eigenvalue weighted by Gasteiger charge is -2.27. The fourth-order valence-electron chi connectivity index (χ4n) is 2.93. The highest BCUT2D eigenvalue weighted by atomic mass is 16.3. The number of aliphatic hydroxyl groups excluding tert-OH is 1. The zero-order chi connectivity index (χ0) is 16.0. The van der Waals surface area contributed by atoms with Crippen molar-refractivity contribution in [3.63, 3.8) is 0 Å². The molecule has 7 nitrogen and oxygen atoms in total. The van der Waals surface area contributed by atoms with Crippen LogP contribution in [0.1, 0.15) is 27.6 Å². The first kappa shape index (κ1) is 14.0. The summed E-state index contributed by atoms with van der Waals surface area (Å²) in [4.78, 5) is 18.7. The number of fused-ring (bicyclic) bond motifs is 2. The van der Waals surface area contributed by atoms with E-state index in [2.05, 4.69) is 10.1 Å². The van der Waals surface area contributed by atoms with Crippen molar-refractivity contribution in [2.75, 3.05) is 6.54 Å². The van der Waals surface area contributed by atoms with Gasteiger partial charge < -0.3 is 14.4 Å². The molecule has 2 aromatic heterocycles. The van der Waals surface area contributed by atoms with E-state index in [1.54, 1.807) is 30.0 Å². The smallest absolute Gasteiger partial charge is 0.254 e. The molecule has 0 fully saturated rings. The Morgan fingerprint density at radius 3 is 3.04 bits per heavy atom. The summed E-state index contributed by atoms with van der Waals surface area (Å²) in [5, 5.41) is 13.5. The number of oxazole rings is 1. The van der Waals surface area contributed by atoms with Gasteiger partial charge in [-0.3, -0.25) is 9.48 Å². The number of hydrogen-bond donors (Lipinski definition) is 1. The van der Waals surface area contributed by atoms with Crippen molar-refractivity contribution in [3.05, 3.63) is 47.1 Å². The monoisotopic (exact) mass is 312 g/mol. The number of rotatable bonds is 2. The molecule has 1 N–H and O–H groups in total. The lowest BCUT2D eigenvalue weighted by Crippen LogP contribution is -2.38. The van der Waals surface area contributed by atoms with E-state index in [1.807, 2.05) is 10.7 Å². The normalized spacial score (nSPS) is 14.3. The van der Waals surface area contributed by atoms with Gasteiger partial charge in [-0.05, 0) is 24.3 Å². The lowest BCUT2D eigenvalue weighted by atomic mass is 10.1. The molecule has 0 aliphatic carbocycles. The number of nitrogens with zero attached hydrogens (tertiary/aromatic N) is 4. The number of amides is 1. The summed E-state index contributed by atoms with van der Waals surface area (Å²) < 4.78 is 7.34. The first-order valence-corrected chi connectivity index (χ1v) is 7.47. The zero-order valence-corrected chi connectivity index (χ0v) is 12.7. The summed E-state index contributed by atoms with van der Waals surface area (Å²) >= 11 is 0. The molecule has 4 rings (SSSR count). The van der Waals surface area contributed by atoms with Crippen molar-refractivity contribution in [1.29, 1.82) is 0 Å². The van der Waals surface area contributed by atoms with Gasteiger partial charge in [-0.25, -0.2) is 4.98 Å². The Morgan fingerprint density at radius 1 is 1.35 bits per heavy atom. The van der Waals surface area contributed by atoms with Crippen LogP contribution in [0.25, 0.3) is 11.1 Å². The summed E-state index contributed by atoms with van der Waals surface area (Å²) in [6.07, 6.45) is 0. The molecule has 1 aliphatic rings. The lowest BCUT2D eigenvalue weighted by molar-refractivity contribution is 0.0706. The SMILES string of the molecule is Cc1nc2ccc(C(=O)N3CCn4nc(CO)cc4C3)cc2o1. The number of aromatic nitrogens is 3. The Balaban J connectivity index is 1.60. The minimum Gasteiger partial charge on any atom is -0.441 e. The van der Waals surface area contributed by atoms with Crippen LogP contribution in [0.2, 0.25) is 0 Å². The fourth-order valence-corrected chi connectivity index (χ4v) is 2.93. The van der Waals surface area contributed by atoms with Gasteiger partial charge >= 0.3 is 0 Å². The quantitative estimate of drug-likeness (QED) is 0.775. The predicted molar refractivity (Wildman–Crippen MR) is 81.6 cm³/mol. The van der Waals surface area contributed by atoms with Gasteiger partial charge in [0.25, 0.3) is 5.91 Å². The molecular weight excluding hydrogens is 296 g/mol. The molecule has 0 saturated heterocycles. The van der Waals surface area contributed by atoms with Gasteiger partial charge in [0.1, 0.15) is 5.52 Å². The topological polar surface area (TPSA) is 84.4 Å². The molecule has 1 amide bonds. The van der Waals surface area contributed by atoms with E-state index in [0.717, 1.165) is 11.2 Å². The van der Waals surface area contributed by atoms with Crippen LogP contribution >= 0.6 is 0 Å². The minimum absolute atomic E-state index is 0.0426. The number of aryl methyl sites for hydroxylation is 1. The first-order chi connectivity index (χ1) is 11.1. The van der Waals surface area contributed by atoms with E-state index in [9.17, 15) is 4.79 Å². The molecule has 1 aromatic carbocycles. The first-order valence-electron chi connectivity index (χ1n) is 7.47. The van der Waals surface area contributed by atoms with Crippen molar-refractivity contribution < 1.29 is 14.3 Å². The van der Waals surface area contributed by atoms with Crippen LogP contribution in [0.4, 0.5) is 0 Å². The van der Waals surface area contributed by atoms with Gasteiger partial charge in [0.05, 0.1) is 31.1 Å². The van der Waals surface area contributed by atoms with Gasteiger partial charge in [-0.15, -0.1) is 0 Å². The van der Waals surface area contributed by atoms with Crippen molar-refractivity contribution in [2.24, 2.45) is 0 Å². The molecule has 3 heterocycles. The van der Waals surface area contributed by atoms with Crippen LogP contribution in [-0.2, 0) is 19.7 Å². The van der Waals surface area contributed by atoms with Gasteiger partial charge in [0.15, 0.2) is 11.5 Å². The summed E-state index contributed by atoms with van der Waals surface area (Å²) in [6.45, 7) is 3.40. The summed E-state index contributed by atoms with van der Waals surface area (Å²) in [5.41, 5.74) is 3.53. The molecule has 3 aromatic rings. The van der Waals surface area contributed by atoms with Crippen LogP contribution in [0.5, 0.6) is 0 Å². The highest BCUT2D eigenvalue weighted by molar-refractivity contribution is 5.97. The van der Waals surface area contributed by atoms with E-state index >= 15 is 0 Å². The highest BCUT2D eigenvalue weighted by Gasteiger charge is 2.23. The van der Waals surface area contributed by atoms with Crippen LogP contribution in [0, 0.1) is 6.92 Å². The van der Waals surface area contributed by atoms with Gasteiger partial charge in [0, 0.05) is 19.0 Å². The third-order valence-corrected chi connectivity index (χ3v) is 4.04. The second kappa shape index (κ2) is 5.20. The highest BCUT2D eigenvalue weighted by Crippen LogP contribution is 2.20. The van der Waals surface area contributed by atoms with Crippen LogP contribution in [0.15, 0.2) is 28.7 Å². The standard InChI is InChI=1S/C16H16N4O3/c1-10-17-14-3-2-11(6-15(14)23-10)16(22)19-4-5-20-13(8-19)7-12(9-21)18-20/h2-3,6-7,21H,4-5,8-9H2,1H3. The number of carbonyl (C=O) groups excluding carboxylic acids is 1. The minimum atomic E-state index is -0.0878. The van der Waals surface area contributed by atoms with Crippen LogP contribution in [0.3, 0.4) is 0 Å². The Kier molecular flexibility index (Phi) is 3.16. The molecule has 1 aliphatic heterocycles. The molecule has 23 heavy (non-hydrogen) atoms. The predicted octanol–water partition coefficient (Wildman–Crippen LogP) is 1.48. The Labute approximate surface area is 132 Å². The van der Waals surface area contributed by atoms with Gasteiger partial charge in [-0.1, -0.05) is 0 Å². The van der Waals surface area contributed by atoms with Crippen molar-refractivity contribution >= 4 is 17.0 Å². The average molecular weight is 312 g/mol. The summed E-state index contributed by atoms with van der Waals surface area (Å²) in [7, 11) is 0. The van der Waals surface area contributed by atoms with Gasteiger partial charge in [-0.2, -0.15) is 5.10 Å². The van der Waals surface area contributed by atoms with Crippen molar-refractivity contribution in [2.45, 2.75) is 26.6 Å². The Morgan fingerprint density at radius 2 is 2.22 bits per heavy atom. The maximum atomic E-state index is 12.7. The van der Waals surface area contributed by atoms with Crippen LogP contribution < -0.4 is 0 Å². The summed E-state index contributed by atoms with van der Waals surface area (Å²) in [5.74, 6) is 0.543. The molecule has 0 bridgehead atoms. The molecule has 0 radical (unpaired) electrons. The van der Waals surface area contributed by atoms with E-state index in [1.165, 1.54) is 0 Å². The largest absolute Gasteiger partial charge is 0.441 e. The Bertz CT molecular complexity index is 896. The zero-order valence-electron chi connectivity index (χ0n) is 12.7. The third-order valence-electron chi connectivity index (χ3n) is 4.04. The van der Waals surface area contributed by atoms with Crippen LogP contribution in [-0.4, -0.2) is 37.2 Å². The molecule has 0 saturated carbocycles. The molecular formula is C16H16N4O3. The fraction of sp³-hybridized carbons (Fsp3) is 0.312. The van der Waals surface area contributed by atoms with E-state index in [4.69, 9.17) is 9.52 Å². The molecule has 0 unspecified atom stereocenters. The molecule has 118 valence electrons. The second-order valence-electron chi connectivity index (χ2n) is 5.65. The molecule has 7 heteroatoms. The van der Waals surface area contributed by atoms with Gasteiger partial charge in [0.2, 0.25) is 0 Å². The second-order valence-corrected chi connectivity index (χ2v) is 5.65. The van der Waals surface area contributed by atoms with E-state index in [-0.39, 0.29) is 12.5 Å². The van der Waals surface area contributed by atoms with E-state index in [0.29, 0.717) is 42.4 Å². The van der Waals surface area contributed by atoms with E-state index < -0.39 is 0 Å². The summed E-state index contributed by atoms with van der Waals surface area (Å²) in [6, 6.07) is 7.15. The average Bonchev–Trinajstić information content (AvgIpc) is 3.14. The third kappa shape index (κ3) is 2.39. The number of hydrogen-bond acceptors (Lipinski definition) is 5. The van der Waals surface area contributed by atoms with Crippen molar-refractivity contribution in [3.8, 4) is 0 Å². The number of benzene rings is 1. The Hall–Kier alpha value is -2.67. The maximum absolute atomic E-state index is 12.7. The molecule has 0 spiro atoms. The number of carbonyl (C=O) groups is 1. The molecule has 0 atom stereocenters.